The Morgan fingerprint density at radius 1 is 1.24 bits per heavy atom. The molecule has 0 bridgehead atoms. The third-order valence-electron chi connectivity index (χ3n) is 3.77. The predicted octanol–water partition coefficient (Wildman–Crippen LogP) is 3.29. The monoisotopic (exact) mass is 335 g/mol. The number of rotatable bonds is 3. The SMILES string of the molecule is C#Cc1ccc2c(=O)c(C(=O)OCC)cn(-c3ccc(F)cc3)c2c1. The Balaban J connectivity index is 2.37. The topological polar surface area (TPSA) is 48.3 Å². The maximum atomic E-state index is 13.2. The van der Waals surface area contributed by atoms with Crippen LogP contribution in [0.1, 0.15) is 22.8 Å². The second-order valence-corrected chi connectivity index (χ2v) is 5.32. The molecule has 0 aliphatic carbocycles. The van der Waals surface area contributed by atoms with E-state index in [1.807, 2.05) is 0 Å². The summed E-state index contributed by atoms with van der Waals surface area (Å²) < 4.78 is 19.8. The average Bonchev–Trinajstić information content (AvgIpc) is 2.63. The largest absolute Gasteiger partial charge is 0.462 e. The quantitative estimate of drug-likeness (QED) is 0.545. The Bertz CT molecular complexity index is 1060. The van der Waals surface area contributed by atoms with E-state index in [0.717, 1.165) is 0 Å². The molecule has 124 valence electrons. The molecule has 0 fully saturated rings. The van der Waals surface area contributed by atoms with Crippen LogP contribution in [0, 0.1) is 18.2 Å². The van der Waals surface area contributed by atoms with Gasteiger partial charge in [0.25, 0.3) is 0 Å². The van der Waals surface area contributed by atoms with Crippen LogP contribution >= 0.6 is 0 Å². The number of pyridine rings is 1. The molecule has 0 radical (unpaired) electrons. The smallest absolute Gasteiger partial charge is 0.343 e. The summed E-state index contributed by atoms with van der Waals surface area (Å²) in [5.74, 6) is 1.43. The van der Waals surface area contributed by atoms with E-state index in [1.165, 1.54) is 18.3 Å². The standard InChI is InChI=1S/C20H14FNO3/c1-3-13-5-10-16-18(11-13)22(15-8-6-14(21)7-9-15)12-17(19(16)23)20(24)25-4-2/h1,5-12H,4H2,2H3. The molecule has 0 aliphatic rings. The summed E-state index contributed by atoms with van der Waals surface area (Å²) >= 11 is 0. The zero-order chi connectivity index (χ0) is 18.0. The molecule has 0 saturated carbocycles. The number of aromatic nitrogens is 1. The first-order valence-corrected chi connectivity index (χ1v) is 7.64. The first-order valence-electron chi connectivity index (χ1n) is 7.64. The van der Waals surface area contributed by atoms with Gasteiger partial charge in [0.15, 0.2) is 0 Å². The number of halogens is 1. The molecule has 2 aromatic carbocycles. The third kappa shape index (κ3) is 3.02. The second-order valence-electron chi connectivity index (χ2n) is 5.32. The van der Waals surface area contributed by atoms with Gasteiger partial charge in [0.05, 0.1) is 12.1 Å². The summed E-state index contributed by atoms with van der Waals surface area (Å²) in [6.45, 7) is 1.82. The molecule has 0 N–H and O–H groups in total. The average molecular weight is 335 g/mol. The number of carbonyl (C=O) groups is 1. The summed E-state index contributed by atoms with van der Waals surface area (Å²) in [5.41, 5.74) is 1.18. The highest BCUT2D eigenvalue weighted by Gasteiger charge is 2.17. The Morgan fingerprint density at radius 2 is 1.96 bits per heavy atom. The maximum absolute atomic E-state index is 13.2. The molecule has 4 nitrogen and oxygen atoms in total. The van der Waals surface area contributed by atoms with Crippen molar-refractivity contribution in [3.8, 4) is 18.0 Å². The van der Waals surface area contributed by atoms with Crippen molar-refractivity contribution in [2.45, 2.75) is 6.92 Å². The molecular weight excluding hydrogens is 321 g/mol. The fourth-order valence-electron chi connectivity index (χ4n) is 2.58. The Hall–Kier alpha value is -3.39. The van der Waals surface area contributed by atoms with Crippen molar-refractivity contribution >= 4 is 16.9 Å². The number of fused-ring (bicyclic) bond motifs is 1. The number of esters is 1. The lowest BCUT2D eigenvalue weighted by Gasteiger charge is -2.13. The number of hydrogen-bond acceptors (Lipinski definition) is 3. The van der Waals surface area contributed by atoms with Crippen LogP contribution in [0.2, 0.25) is 0 Å². The Labute approximate surface area is 143 Å². The molecule has 1 heterocycles. The number of ether oxygens (including phenoxy) is 1. The third-order valence-corrected chi connectivity index (χ3v) is 3.77. The molecule has 1 aromatic heterocycles. The first kappa shape index (κ1) is 16.5. The lowest BCUT2D eigenvalue weighted by Crippen LogP contribution is -2.20. The van der Waals surface area contributed by atoms with E-state index in [-0.39, 0.29) is 18.0 Å². The van der Waals surface area contributed by atoms with Gasteiger partial charge in [0, 0.05) is 22.8 Å². The molecule has 0 saturated heterocycles. The van der Waals surface area contributed by atoms with Crippen LogP contribution in [0.3, 0.4) is 0 Å². The second kappa shape index (κ2) is 6.62. The van der Waals surface area contributed by atoms with E-state index < -0.39 is 11.4 Å². The molecule has 3 rings (SSSR count). The van der Waals surface area contributed by atoms with E-state index in [2.05, 4.69) is 5.92 Å². The normalized spacial score (nSPS) is 10.4. The summed E-state index contributed by atoms with van der Waals surface area (Å²) in [6, 6.07) is 10.6. The van der Waals surface area contributed by atoms with Crippen LogP contribution in [0.25, 0.3) is 16.6 Å². The lowest BCUT2D eigenvalue weighted by molar-refractivity contribution is 0.0524. The summed E-state index contributed by atoms with van der Waals surface area (Å²) in [7, 11) is 0. The molecule has 0 aliphatic heterocycles. The number of nitrogens with zero attached hydrogens (tertiary/aromatic N) is 1. The van der Waals surface area contributed by atoms with Gasteiger partial charge in [-0.05, 0) is 49.4 Å². The minimum atomic E-state index is -0.703. The van der Waals surface area contributed by atoms with Gasteiger partial charge in [0.2, 0.25) is 5.43 Å². The molecular formula is C20H14FNO3. The van der Waals surface area contributed by atoms with Crippen LogP contribution in [0.5, 0.6) is 0 Å². The van der Waals surface area contributed by atoms with Crippen LogP contribution in [0.4, 0.5) is 4.39 Å². The van der Waals surface area contributed by atoms with E-state index in [9.17, 15) is 14.0 Å². The van der Waals surface area contributed by atoms with E-state index in [4.69, 9.17) is 11.2 Å². The summed E-state index contributed by atoms with van der Waals surface area (Å²) in [6.07, 6.45) is 6.84. The highest BCUT2D eigenvalue weighted by molar-refractivity contribution is 5.94. The number of carbonyl (C=O) groups excluding carboxylic acids is 1. The molecule has 5 heteroatoms. The van der Waals surface area contributed by atoms with Gasteiger partial charge in [-0.15, -0.1) is 6.42 Å². The molecule has 0 unspecified atom stereocenters. The lowest BCUT2D eigenvalue weighted by atomic mass is 10.1. The number of hydrogen-bond donors (Lipinski definition) is 0. The molecule has 0 amide bonds. The Kier molecular flexibility index (Phi) is 4.36. The van der Waals surface area contributed by atoms with Gasteiger partial charge >= 0.3 is 5.97 Å². The van der Waals surface area contributed by atoms with Crippen molar-refractivity contribution in [2.24, 2.45) is 0 Å². The van der Waals surface area contributed by atoms with Gasteiger partial charge in [-0.2, -0.15) is 0 Å². The minimum Gasteiger partial charge on any atom is -0.462 e. The zero-order valence-electron chi connectivity index (χ0n) is 13.5. The van der Waals surface area contributed by atoms with Gasteiger partial charge in [-0.25, -0.2) is 9.18 Å². The van der Waals surface area contributed by atoms with Crippen LogP contribution in [-0.2, 0) is 4.74 Å². The fraction of sp³-hybridized carbons (Fsp3) is 0.100. The van der Waals surface area contributed by atoms with Crippen LogP contribution in [0.15, 0.2) is 53.5 Å². The van der Waals surface area contributed by atoms with Gasteiger partial charge in [-0.3, -0.25) is 4.79 Å². The van der Waals surface area contributed by atoms with E-state index in [1.54, 1.807) is 41.8 Å². The first-order chi connectivity index (χ1) is 12.0. The highest BCUT2D eigenvalue weighted by atomic mass is 19.1. The van der Waals surface area contributed by atoms with Crippen molar-refractivity contribution in [1.29, 1.82) is 0 Å². The number of terminal acetylenes is 1. The van der Waals surface area contributed by atoms with Gasteiger partial charge in [0.1, 0.15) is 11.4 Å². The van der Waals surface area contributed by atoms with E-state index >= 15 is 0 Å². The van der Waals surface area contributed by atoms with E-state index in [0.29, 0.717) is 22.2 Å². The van der Waals surface area contributed by atoms with Crippen molar-refractivity contribution in [2.75, 3.05) is 6.61 Å². The van der Waals surface area contributed by atoms with Crippen LogP contribution < -0.4 is 5.43 Å². The Morgan fingerprint density at radius 3 is 2.60 bits per heavy atom. The van der Waals surface area contributed by atoms with Gasteiger partial charge in [-0.1, -0.05) is 5.92 Å². The molecule has 3 aromatic rings. The van der Waals surface area contributed by atoms with Crippen molar-refractivity contribution < 1.29 is 13.9 Å². The molecule has 0 atom stereocenters. The highest BCUT2D eigenvalue weighted by Crippen LogP contribution is 2.20. The summed E-state index contributed by atoms with van der Waals surface area (Å²) in [5, 5.41) is 0.328. The van der Waals surface area contributed by atoms with Crippen molar-refractivity contribution in [3.05, 3.63) is 75.8 Å². The van der Waals surface area contributed by atoms with Crippen LogP contribution in [-0.4, -0.2) is 17.1 Å². The van der Waals surface area contributed by atoms with Crippen molar-refractivity contribution in [1.82, 2.24) is 4.57 Å². The fourth-order valence-corrected chi connectivity index (χ4v) is 2.58. The minimum absolute atomic E-state index is 0.0906. The maximum Gasteiger partial charge on any atom is 0.343 e. The van der Waals surface area contributed by atoms with Gasteiger partial charge < -0.3 is 9.30 Å². The predicted molar refractivity (Wildman–Crippen MR) is 93.4 cm³/mol. The number of benzene rings is 2. The zero-order valence-corrected chi connectivity index (χ0v) is 13.5. The molecule has 0 spiro atoms. The molecule has 25 heavy (non-hydrogen) atoms. The summed E-state index contributed by atoms with van der Waals surface area (Å²) in [4.78, 5) is 24.8. The van der Waals surface area contributed by atoms with Crippen molar-refractivity contribution in [3.63, 3.8) is 0 Å².